The molecule has 0 bridgehead atoms. The highest BCUT2D eigenvalue weighted by molar-refractivity contribution is 6.00. The molecule has 1 heterocycles. The summed E-state index contributed by atoms with van der Waals surface area (Å²) < 4.78 is 11.5. The normalized spacial score (nSPS) is 19.5. The van der Waals surface area contributed by atoms with Crippen LogP contribution in [0.4, 0.5) is 5.69 Å². The van der Waals surface area contributed by atoms with Gasteiger partial charge in [-0.1, -0.05) is 29.4 Å². The number of carbonyl (C=O) groups excluding carboxylic acids is 1. The SMILES string of the molecule is CONC(=O)[C@@]1(Cc2ccccc2N=[N+]=[N-])N=C(c2ccc(OCCCO)cc2)O[C@H]1C. The second kappa shape index (κ2) is 10.6. The van der Waals surface area contributed by atoms with Gasteiger partial charge in [-0.3, -0.25) is 9.63 Å². The molecule has 0 aromatic heterocycles. The summed E-state index contributed by atoms with van der Waals surface area (Å²) in [6.07, 6.45) is 0.0702. The first-order valence-corrected chi connectivity index (χ1v) is 10.1. The van der Waals surface area contributed by atoms with E-state index in [9.17, 15) is 4.79 Å². The molecule has 10 heteroatoms. The summed E-state index contributed by atoms with van der Waals surface area (Å²) in [5, 5.41) is 12.6. The van der Waals surface area contributed by atoms with E-state index in [0.717, 1.165) is 0 Å². The number of carbonyl (C=O) groups is 1. The quantitative estimate of drug-likeness (QED) is 0.192. The summed E-state index contributed by atoms with van der Waals surface area (Å²) in [6, 6.07) is 14.1. The van der Waals surface area contributed by atoms with Crippen molar-refractivity contribution in [3.05, 3.63) is 70.1 Å². The molecule has 2 atom stereocenters. The fourth-order valence-corrected chi connectivity index (χ4v) is 3.42. The highest BCUT2D eigenvalue weighted by Crippen LogP contribution is 2.35. The minimum absolute atomic E-state index is 0.0645. The lowest BCUT2D eigenvalue weighted by Gasteiger charge is -2.28. The Morgan fingerprint density at radius 3 is 2.75 bits per heavy atom. The van der Waals surface area contributed by atoms with Crippen molar-refractivity contribution in [1.82, 2.24) is 5.48 Å². The fourth-order valence-electron chi connectivity index (χ4n) is 3.42. The van der Waals surface area contributed by atoms with Crippen LogP contribution in [0.5, 0.6) is 5.75 Å². The van der Waals surface area contributed by atoms with Gasteiger partial charge >= 0.3 is 0 Å². The maximum absolute atomic E-state index is 13.1. The Morgan fingerprint density at radius 2 is 2.06 bits per heavy atom. The molecule has 2 N–H and O–H groups in total. The van der Waals surface area contributed by atoms with Crippen LogP contribution in [0, 0.1) is 0 Å². The van der Waals surface area contributed by atoms with Crippen molar-refractivity contribution in [3.63, 3.8) is 0 Å². The molecule has 0 aliphatic carbocycles. The van der Waals surface area contributed by atoms with Crippen LogP contribution < -0.4 is 10.2 Å². The van der Waals surface area contributed by atoms with E-state index in [1.807, 2.05) is 0 Å². The lowest BCUT2D eigenvalue weighted by molar-refractivity contribution is -0.139. The molecule has 0 spiro atoms. The number of aliphatic hydroxyl groups excluding tert-OH is 1. The third kappa shape index (κ3) is 5.00. The van der Waals surface area contributed by atoms with Crippen molar-refractivity contribution in [2.24, 2.45) is 10.1 Å². The van der Waals surface area contributed by atoms with Gasteiger partial charge in [0.05, 0.1) is 13.7 Å². The van der Waals surface area contributed by atoms with Gasteiger partial charge in [-0.05, 0) is 42.3 Å². The standard InChI is InChI=1S/C22H25N5O5/c1-15-22(21(29)26-30-2,14-17-6-3-4-7-19(17)25-27-23)24-20(32-15)16-8-10-18(11-9-16)31-13-5-12-28/h3-4,6-11,15,28H,5,12-14H2,1-2H3,(H,26,29)/t15-,22-/m0/s1. The summed E-state index contributed by atoms with van der Waals surface area (Å²) in [5.74, 6) is 0.495. The number of aliphatic imine (C=N–C) groups is 1. The van der Waals surface area contributed by atoms with Crippen molar-refractivity contribution < 1.29 is 24.2 Å². The Kier molecular flexibility index (Phi) is 7.67. The molecular weight excluding hydrogens is 414 g/mol. The maximum atomic E-state index is 13.1. The number of hydroxylamine groups is 1. The summed E-state index contributed by atoms with van der Waals surface area (Å²) in [4.78, 5) is 25.5. The third-order valence-electron chi connectivity index (χ3n) is 5.13. The Morgan fingerprint density at radius 1 is 1.31 bits per heavy atom. The smallest absolute Gasteiger partial charge is 0.275 e. The molecule has 10 nitrogen and oxygen atoms in total. The number of rotatable bonds is 10. The zero-order chi connectivity index (χ0) is 23.0. The molecule has 0 saturated carbocycles. The van der Waals surface area contributed by atoms with Gasteiger partial charge in [0.2, 0.25) is 5.90 Å². The number of hydrogen-bond acceptors (Lipinski definition) is 7. The lowest BCUT2D eigenvalue weighted by atomic mass is 9.85. The van der Waals surface area contributed by atoms with Gasteiger partial charge in [-0.25, -0.2) is 10.5 Å². The van der Waals surface area contributed by atoms with Crippen LogP contribution in [-0.2, 0) is 20.8 Å². The summed E-state index contributed by atoms with van der Waals surface area (Å²) in [5.41, 5.74) is 11.7. The molecule has 0 radical (unpaired) electrons. The number of hydrogen-bond donors (Lipinski definition) is 2. The molecule has 0 fully saturated rings. The number of nitrogens with zero attached hydrogens (tertiary/aromatic N) is 4. The molecule has 2 aromatic rings. The Bertz CT molecular complexity index is 1020. The first kappa shape index (κ1) is 23.1. The van der Waals surface area contributed by atoms with Crippen LogP contribution in [0.15, 0.2) is 58.6 Å². The Hall–Kier alpha value is -3.59. The lowest BCUT2D eigenvalue weighted by Crippen LogP contribution is -2.52. The zero-order valence-electron chi connectivity index (χ0n) is 17.9. The number of aliphatic hydroxyl groups is 1. The fraction of sp³-hybridized carbons (Fsp3) is 0.364. The van der Waals surface area contributed by atoms with E-state index in [2.05, 4.69) is 20.5 Å². The summed E-state index contributed by atoms with van der Waals surface area (Å²) in [7, 11) is 1.35. The van der Waals surface area contributed by atoms with Gasteiger partial charge in [-0.15, -0.1) is 0 Å². The molecule has 3 rings (SSSR count). The molecule has 0 unspecified atom stereocenters. The molecule has 1 amide bonds. The molecule has 168 valence electrons. The van der Waals surface area contributed by atoms with E-state index in [-0.39, 0.29) is 13.0 Å². The van der Waals surface area contributed by atoms with E-state index < -0.39 is 17.6 Å². The van der Waals surface area contributed by atoms with E-state index in [0.29, 0.717) is 41.5 Å². The summed E-state index contributed by atoms with van der Waals surface area (Å²) >= 11 is 0. The van der Waals surface area contributed by atoms with Crippen molar-refractivity contribution in [1.29, 1.82) is 0 Å². The second-order valence-corrected chi connectivity index (χ2v) is 7.18. The van der Waals surface area contributed by atoms with Crippen molar-refractivity contribution >= 4 is 17.5 Å². The average molecular weight is 439 g/mol. The predicted molar refractivity (Wildman–Crippen MR) is 118 cm³/mol. The van der Waals surface area contributed by atoms with E-state index in [1.165, 1.54) is 7.11 Å². The largest absolute Gasteiger partial charge is 0.494 e. The van der Waals surface area contributed by atoms with E-state index in [4.69, 9.17) is 24.9 Å². The first-order chi connectivity index (χ1) is 15.5. The zero-order valence-corrected chi connectivity index (χ0v) is 17.9. The maximum Gasteiger partial charge on any atom is 0.275 e. The Balaban J connectivity index is 1.94. The van der Waals surface area contributed by atoms with Crippen LogP contribution in [0.2, 0.25) is 0 Å². The minimum Gasteiger partial charge on any atom is -0.494 e. The first-order valence-electron chi connectivity index (χ1n) is 10.1. The predicted octanol–water partition coefficient (Wildman–Crippen LogP) is 3.21. The van der Waals surface area contributed by atoms with Gasteiger partial charge in [0.1, 0.15) is 11.9 Å². The molecule has 2 aromatic carbocycles. The van der Waals surface area contributed by atoms with Gasteiger partial charge in [0, 0.05) is 35.6 Å². The van der Waals surface area contributed by atoms with Crippen LogP contribution in [0.3, 0.4) is 0 Å². The van der Waals surface area contributed by atoms with E-state index in [1.54, 1.807) is 55.5 Å². The number of amides is 1. The molecule has 32 heavy (non-hydrogen) atoms. The molecule has 1 aliphatic heterocycles. The van der Waals surface area contributed by atoms with Gasteiger partial charge < -0.3 is 14.6 Å². The van der Waals surface area contributed by atoms with Gasteiger partial charge in [0.15, 0.2) is 5.54 Å². The number of azide groups is 1. The van der Waals surface area contributed by atoms with Gasteiger partial charge in [0.25, 0.3) is 5.91 Å². The van der Waals surface area contributed by atoms with Crippen molar-refractivity contribution in [3.8, 4) is 5.75 Å². The van der Waals surface area contributed by atoms with Crippen LogP contribution in [-0.4, -0.2) is 48.9 Å². The highest BCUT2D eigenvalue weighted by Gasteiger charge is 2.50. The van der Waals surface area contributed by atoms with Crippen LogP contribution in [0.1, 0.15) is 24.5 Å². The number of benzene rings is 2. The minimum atomic E-state index is -1.33. The molecular formula is C22H25N5O5. The molecule has 1 aliphatic rings. The second-order valence-electron chi connectivity index (χ2n) is 7.18. The number of nitrogens with one attached hydrogen (secondary N) is 1. The van der Waals surface area contributed by atoms with Crippen molar-refractivity contribution in [2.45, 2.75) is 31.4 Å². The van der Waals surface area contributed by atoms with E-state index >= 15 is 0 Å². The highest BCUT2D eigenvalue weighted by atomic mass is 16.6. The summed E-state index contributed by atoms with van der Waals surface area (Å²) in [6.45, 7) is 2.23. The van der Waals surface area contributed by atoms with Crippen LogP contribution in [0.25, 0.3) is 10.4 Å². The topological polar surface area (TPSA) is 138 Å². The third-order valence-corrected chi connectivity index (χ3v) is 5.13. The Labute approximate surface area is 185 Å². The van der Waals surface area contributed by atoms with Crippen molar-refractivity contribution in [2.75, 3.05) is 20.3 Å². The number of ether oxygens (including phenoxy) is 2. The average Bonchev–Trinajstić information content (AvgIpc) is 3.13. The monoisotopic (exact) mass is 439 g/mol. The van der Waals surface area contributed by atoms with Gasteiger partial charge in [-0.2, -0.15) is 0 Å². The molecule has 0 saturated heterocycles. The van der Waals surface area contributed by atoms with Crippen LogP contribution >= 0.6 is 0 Å².